The molecule has 3 aromatic carbocycles. The molecule has 0 aliphatic carbocycles. The summed E-state index contributed by atoms with van der Waals surface area (Å²) in [6, 6.07) is 16.0. The summed E-state index contributed by atoms with van der Waals surface area (Å²) in [5.41, 5.74) is -2.06. The van der Waals surface area contributed by atoms with Gasteiger partial charge in [0, 0.05) is 19.0 Å². The van der Waals surface area contributed by atoms with Gasteiger partial charge >= 0.3 is 12.4 Å². The molecule has 4 rings (SSSR count). The molecule has 1 aliphatic heterocycles. The van der Waals surface area contributed by atoms with Crippen molar-refractivity contribution in [3.63, 3.8) is 0 Å². The molecule has 0 amide bonds. The summed E-state index contributed by atoms with van der Waals surface area (Å²) in [5, 5.41) is 16.3. The van der Waals surface area contributed by atoms with Gasteiger partial charge in [-0.3, -0.25) is 0 Å². The van der Waals surface area contributed by atoms with Gasteiger partial charge in [-0.25, -0.2) is 0 Å². The highest BCUT2D eigenvalue weighted by Gasteiger charge is 2.37. The number of ether oxygens (including phenoxy) is 1. The van der Waals surface area contributed by atoms with Crippen molar-refractivity contribution in [1.82, 2.24) is 4.90 Å². The first-order chi connectivity index (χ1) is 22.5. The topological polar surface area (TPSA) is 54.3 Å². The number of nitrogens with zero attached hydrogens (tertiary/aromatic N) is 2. The van der Waals surface area contributed by atoms with Crippen LogP contribution in [0.25, 0.3) is 0 Å². The first-order valence-corrected chi connectivity index (χ1v) is 16.3. The zero-order chi connectivity index (χ0) is 35.1. The predicted octanol–water partition coefficient (Wildman–Crippen LogP) is 9.73. The van der Waals surface area contributed by atoms with Crippen molar-refractivity contribution in [1.29, 1.82) is 0 Å². The van der Waals surface area contributed by atoms with Crippen LogP contribution >= 0.6 is 23.2 Å². The van der Waals surface area contributed by atoms with Crippen molar-refractivity contribution in [3.8, 4) is 0 Å². The Morgan fingerprint density at radius 3 is 2.08 bits per heavy atom. The van der Waals surface area contributed by atoms with Crippen LogP contribution in [-0.4, -0.2) is 48.6 Å². The number of likely N-dealkylation sites (tertiary alicyclic amines) is 1. The lowest BCUT2D eigenvalue weighted by Crippen LogP contribution is -2.43. The van der Waals surface area contributed by atoms with Crippen LogP contribution in [0.5, 0.6) is 0 Å². The van der Waals surface area contributed by atoms with E-state index in [1.807, 2.05) is 44.2 Å². The minimum absolute atomic E-state index is 0.0811. The maximum Gasteiger partial charge on any atom is 0.416 e. The molecule has 1 N–H and O–H groups in total. The second-order valence-corrected chi connectivity index (χ2v) is 13.2. The summed E-state index contributed by atoms with van der Waals surface area (Å²) in [6.07, 6.45) is -8.38. The molecule has 0 aromatic heterocycles. The Morgan fingerprint density at radius 2 is 1.52 bits per heavy atom. The van der Waals surface area contributed by atoms with E-state index >= 15 is 0 Å². The van der Waals surface area contributed by atoms with Gasteiger partial charge < -0.3 is 19.6 Å². The Balaban J connectivity index is 1.55. The van der Waals surface area contributed by atoms with Crippen molar-refractivity contribution < 1.29 is 41.0 Å². The summed E-state index contributed by atoms with van der Waals surface area (Å²) in [6.45, 7) is 5.20. The van der Waals surface area contributed by atoms with Crippen LogP contribution in [0.1, 0.15) is 66.8 Å². The average molecular weight is 720 g/mol. The van der Waals surface area contributed by atoms with Crippen LogP contribution in [0.3, 0.4) is 0 Å². The van der Waals surface area contributed by atoms with Gasteiger partial charge in [0.05, 0.1) is 45.7 Å². The fourth-order valence-corrected chi connectivity index (χ4v) is 5.89. The molecule has 48 heavy (non-hydrogen) atoms. The zero-order valence-corrected chi connectivity index (χ0v) is 28.1. The first-order valence-electron chi connectivity index (χ1n) is 15.5. The summed E-state index contributed by atoms with van der Waals surface area (Å²) in [7, 11) is 0. The van der Waals surface area contributed by atoms with Gasteiger partial charge in [0.1, 0.15) is 6.61 Å². The van der Waals surface area contributed by atoms with Gasteiger partial charge in [-0.1, -0.05) is 78.6 Å². The molecule has 0 spiro atoms. The van der Waals surface area contributed by atoms with E-state index in [0.29, 0.717) is 66.8 Å². The Kier molecular flexibility index (Phi) is 12.9. The Labute approximate surface area is 286 Å². The van der Waals surface area contributed by atoms with E-state index in [4.69, 9.17) is 32.8 Å². The normalized spacial score (nSPS) is 16.7. The lowest BCUT2D eigenvalue weighted by Gasteiger charge is -2.39. The number of oxime groups is 1. The van der Waals surface area contributed by atoms with E-state index in [0.717, 1.165) is 11.1 Å². The van der Waals surface area contributed by atoms with Gasteiger partial charge in [0.15, 0.2) is 0 Å². The van der Waals surface area contributed by atoms with Crippen LogP contribution in [0.15, 0.2) is 71.9 Å². The lowest BCUT2D eigenvalue weighted by molar-refractivity contribution is -0.143. The molecule has 0 bridgehead atoms. The molecule has 3 aromatic rings. The van der Waals surface area contributed by atoms with Crippen LogP contribution in [0.4, 0.5) is 26.3 Å². The Hall–Kier alpha value is -2.83. The largest absolute Gasteiger partial charge is 0.416 e. The minimum atomic E-state index is -4.97. The second kappa shape index (κ2) is 16.3. The van der Waals surface area contributed by atoms with Gasteiger partial charge in [-0.05, 0) is 78.7 Å². The van der Waals surface area contributed by atoms with Crippen molar-refractivity contribution in [2.24, 2.45) is 11.1 Å². The highest BCUT2D eigenvalue weighted by atomic mass is 35.5. The molecule has 5 nitrogen and oxygen atoms in total. The summed E-state index contributed by atoms with van der Waals surface area (Å²) >= 11 is 12.6. The average Bonchev–Trinajstić information content (AvgIpc) is 3.02. The SMILES string of the molecule is CC(C)CO/N=C(\COCc1cc(C(F)(F)F)cc(C(F)(F)F)c1)C(CCN1CCC(O)(c2ccccc2)CC1)c1ccc(Cl)c(Cl)c1. The van der Waals surface area contributed by atoms with Gasteiger partial charge in [0.25, 0.3) is 0 Å². The van der Waals surface area contributed by atoms with E-state index in [1.165, 1.54) is 0 Å². The fourth-order valence-electron chi connectivity index (χ4n) is 5.59. The maximum atomic E-state index is 13.4. The van der Waals surface area contributed by atoms with Gasteiger partial charge in [-0.2, -0.15) is 26.3 Å². The molecular weight excluding hydrogens is 681 g/mol. The number of alkyl halides is 6. The number of hydrogen-bond donors (Lipinski definition) is 1. The Bertz CT molecular complexity index is 1490. The molecular formula is C35H38Cl2F6N2O3. The van der Waals surface area contributed by atoms with E-state index in [-0.39, 0.29) is 30.8 Å². The van der Waals surface area contributed by atoms with Crippen LogP contribution in [-0.2, 0) is 34.1 Å². The molecule has 0 saturated carbocycles. The summed E-state index contributed by atoms with van der Waals surface area (Å²) in [5.74, 6) is -0.323. The molecule has 1 atom stereocenters. The van der Waals surface area contributed by atoms with Crippen molar-refractivity contribution >= 4 is 28.9 Å². The molecule has 13 heteroatoms. The van der Waals surface area contributed by atoms with Crippen LogP contribution in [0.2, 0.25) is 10.0 Å². The third-order valence-electron chi connectivity index (χ3n) is 8.23. The number of piperidine rings is 1. The third-order valence-corrected chi connectivity index (χ3v) is 8.97. The van der Waals surface area contributed by atoms with E-state index in [1.54, 1.807) is 18.2 Å². The molecule has 1 aliphatic rings. The molecule has 1 heterocycles. The van der Waals surface area contributed by atoms with Crippen LogP contribution in [0, 0.1) is 5.92 Å². The van der Waals surface area contributed by atoms with Gasteiger partial charge in [-0.15, -0.1) is 0 Å². The van der Waals surface area contributed by atoms with Crippen LogP contribution < -0.4 is 0 Å². The predicted molar refractivity (Wildman–Crippen MR) is 174 cm³/mol. The smallest absolute Gasteiger partial charge is 0.395 e. The molecule has 262 valence electrons. The second-order valence-electron chi connectivity index (χ2n) is 12.4. The quantitative estimate of drug-likeness (QED) is 0.109. The number of hydrogen-bond acceptors (Lipinski definition) is 5. The van der Waals surface area contributed by atoms with Crippen molar-refractivity contribution in [2.45, 2.75) is 63.6 Å². The summed E-state index contributed by atoms with van der Waals surface area (Å²) in [4.78, 5) is 7.84. The third kappa shape index (κ3) is 10.6. The monoisotopic (exact) mass is 718 g/mol. The highest BCUT2D eigenvalue weighted by molar-refractivity contribution is 6.42. The Morgan fingerprint density at radius 1 is 0.896 bits per heavy atom. The number of rotatable bonds is 13. The molecule has 1 unspecified atom stereocenters. The van der Waals surface area contributed by atoms with E-state index in [9.17, 15) is 31.4 Å². The molecule has 1 fully saturated rings. The van der Waals surface area contributed by atoms with Crippen molar-refractivity contribution in [3.05, 3.63) is 105 Å². The number of halogens is 8. The highest BCUT2D eigenvalue weighted by Crippen LogP contribution is 2.37. The molecule has 1 saturated heterocycles. The first kappa shape index (κ1) is 38.0. The maximum absolute atomic E-state index is 13.4. The molecule has 0 radical (unpaired) electrons. The van der Waals surface area contributed by atoms with E-state index < -0.39 is 41.6 Å². The number of aliphatic hydroxyl groups is 1. The number of benzene rings is 3. The summed E-state index contributed by atoms with van der Waals surface area (Å²) < 4.78 is 86.3. The van der Waals surface area contributed by atoms with E-state index in [2.05, 4.69) is 10.1 Å². The van der Waals surface area contributed by atoms with Crippen molar-refractivity contribution in [2.75, 3.05) is 32.8 Å². The fraction of sp³-hybridized carbons (Fsp3) is 0.457. The minimum Gasteiger partial charge on any atom is -0.395 e. The lowest BCUT2D eigenvalue weighted by atomic mass is 9.84. The standard InChI is InChI=1S/C35H38Cl2F6N2O3/c1-23(2)20-48-44-32(22-47-21-24-16-27(34(38,39)40)19-28(17-24)35(41,42)43)29(25-8-9-30(36)31(37)18-25)10-13-45-14-11-33(46,12-15-45)26-6-4-3-5-7-26/h3-9,16-19,23,29,46H,10-15,20-22H2,1-2H3/b44-32+. The zero-order valence-electron chi connectivity index (χ0n) is 26.6. The van der Waals surface area contributed by atoms with Gasteiger partial charge in [0.2, 0.25) is 0 Å².